The maximum atomic E-state index is 13.0. The molecule has 2 unspecified atom stereocenters. The number of benzene rings is 1. The Morgan fingerprint density at radius 1 is 1.50 bits per heavy atom. The van der Waals surface area contributed by atoms with Crippen LogP contribution in [0, 0.1) is 5.82 Å². The lowest BCUT2D eigenvalue weighted by molar-refractivity contribution is 0.164. The van der Waals surface area contributed by atoms with Gasteiger partial charge in [-0.05, 0) is 24.6 Å². The van der Waals surface area contributed by atoms with Crippen LogP contribution in [0.25, 0.3) is 0 Å². The van der Waals surface area contributed by atoms with E-state index in [1.165, 1.54) is 13.0 Å². The van der Waals surface area contributed by atoms with E-state index in [9.17, 15) is 9.50 Å². The molecule has 0 bridgehead atoms. The highest BCUT2D eigenvalue weighted by Gasteiger charge is 2.16. The van der Waals surface area contributed by atoms with Crippen LogP contribution in [0.1, 0.15) is 18.5 Å². The summed E-state index contributed by atoms with van der Waals surface area (Å²) in [5.41, 5.74) is 5.92. The van der Waals surface area contributed by atoms with Crippen molar-refractivity contribution in [3.8, 4) is 5.75 Å². The Balaban J connectivity index is 3.12. The van der Waals surface area contributed by atoms with Crippen LogP contribution in [0.2, 0.25) is 5.02 Å². The molecule has 0 fully saturated rings. The highest BCUT2D eigenvalue weighted by atomic mass is 35.5. The van der Waals surface area contributed by atoms with Crippen molar-refractivity contribution in [1.29, 1.82) is 0 Å². The zero-order valence-electron chi connectivity index (χ0n) is 7.54. The summed E-state index contributed by atoms with van der Waals surface area (Å²) in [5, 5.41) is 18.1. The van der Waals surface area contributed by atoms with Crippen LogP contribution in [0.3, 0.4) is 0 Å². The molecule has 2 atom stereocenters. The minimum absolute atomic E-state index is 0.115. The van der Waals surface area contributed by atoms with Crippen molar-refractivity contribution < 1.29 is 14.6 Å². The molecule has 0 aliphatic heterocycles. The van der Waals surface area contributed by atoms with Gasteiger partial charge in [-0.1, -0.05) is 11.6 Å². The summed E-state index contributed by atoms with van der Waals surface area (Å²) >= 11 is 5.54. The number of rotatable bonds is 2. The summed E-state index contributed by atoms with van der Waals surface area (Å²) in [5.74, 6) is -1.45. The molecule has 3 nitrogen and oxygen atoms in total. The fourth-order valence-electron chi connectivity index (χ4n) is 1.06. The average Bonchev–Trinajstić information content (AvgIpc) is 2.12. The lowest BCUT2D eigenvalue weighted by Crippen LogP contribution is -2.23. The largest absolute Gasteiger partial charge is 0.504 e. The van der Waals surface area contributed by atoms with Gasteiger partial charge in [-0.2, -0.15) is 0 Å². The molecule has 0 aromatic heterocycles. The van der Waals surface area contributed by atoms with Gasteiger partial charge in [0.15, 0.2) is 11.6 Å². The van der Waals surface area contributed by atoms with E-state index in [0.717, 1.165) is 6.07 Å². The fourth-order valence-corrected chi connectivity index (χ4v) is 1.27. The molecule has 0 aliphatic rings. The van der Waals surface area contributed by atoms with Gasteiger partial charge in [0.25, 0.3) is 0 Å². The van der Waals surface area contributed by atoms with Crippen molar-refractivity contribution in [1.82, 2.24) is 0 Å². The number of hydrogen-bond donors (Lipinski definition) is 3. The third kappa shape index (κ3) is 2.15. The summed E-state index contributed by atoms with van der Waals surface area (Å²) in [7, 11) is 0. The Morgan fingerprint density at radius 2 is 2.07 bits per heavy atom. The smallest absolute Gasteiger partial charge is 0.170 e. The van der Waals surface area contributed by atoms with Crippen molar-refractivity contribution >= 4 is 11.6 Å². The molecule has 5 heteroatoms. The van der Waals surface area contributed by atoms with Gasteiger partial charge in [0.05, 0.1) is 17.2 Å². The standard InChI is InChI=1S/C9H11ClFNO2/c1-4(13)8(12)5-2-6(10)9(14)7(11)3-5/h2-4,8,13-14H,12H2,1H3. The SMILES string of the molecule is CC(O)C(N)c1cc(F)c(O)c(Cl)c1. The number of phenols is 1. The quantitative estimate of drug-likeness (QED) is 0.707. The Hall–Kier alpha value is -0.840. The minimum atomic E-state index is -0.844. The molecular formula is C9H11ClFNO2. The van der Waals surface area contributed by atoms with Crippen molar-refractivity contribution in [2.45, 2.75) is 19.1 Å². The van der Waals surface area contributed by atoms with Crippen LogP contribution in [-0.2, 0) is 0 Å². The van der Waals surface area contributed by atoms with Gasteiger partial charge in [0.2, 0.25) is 0 Å². The molecule has 0 heterocycles. The Labute approximate surface area is 85.9 Å². The zero-order chi connectivity index (χ0) is 10.9. The third-order valence-corrected chi connectivity index (χ3v) is 2.23. The van der Waals surface area contributed by atoms with Crippen LogP contribution in [0.4, 0.5) is 4.39 Å². The van der Waals surface area contributed by atoms with E-state index in [4.69, 9.17) is 22.4 Å². The van der Waals surface area contributed by atoms with E-state index in [0.29, 0.717) is 5.56 Å². The normalized spacial score (nSPS) is 15.2. The van der Waals surface area contributed by atoms with E-state index in [1.54, 1.807) is 0 Å². The molecular weight excluding hydrogens is 209 g/mol. The lowest BCUT2D eigenvalue weighted by Gasteiger charge is -2.15. The van der Waals surface area contributed by atoms with E-state index in [1.807, 2.05) is 0 Å². The first-order valence-corrected chi connectivity index (χ1v) is 4.43. The molecule has 1 aromatic carbocycles. The molecule has 0 saturated carbocycles. The molecule has 1 rings (SSSR count). The summed E-state index contributed by atoms with van der Waals surface area (Å²) in [6.07, 6.45) is -0.810. The summed E-state index contributed by atoms with van der Waals surface area (Å²) in [4.78, 5) is 0. The van der Waals surface area contributed by atoms with Crippen LogP contribution in [0.5, 0.6) is 5.75 Å². The first-order chi connectivity index (χ1) is 6.43. The van der Waals surface area contributed by atoms with E-state index >= 15 is 0 Å². The molecule has 1 aromatic rings. The van der Waals surface area contributed by atoms with Gasteiger partial charge in [0, 0.05) is 0 Å². The maximum absolute atomic E-state index is 13.0. The molecule has 0 aliphatic carbocycles. The van der Waals surface area contributed by atoms with Crippen molar-refractivity contribution in [2.24, 2.45) is 5.73 Å². The first-order valence-electron chi connectivity index (χ1n) is 4.05. The van der Waals surface area contributed by atoms with Crippen molar-refractivity contribution in [3.05, 3.63) is 28.5 Å². The number of aliphatic hydroxyl groups excluding tert-OH is 1. The number of aliphatic hydroxyl groups is 1. The highest BCUT2D eigenvalue weighted by Crippen LogP contribution is 2.30. The highest BCUT2D eigenvalue weighted by molar-refractivity contribution is 6.32. The lowest BCUT2D eigenvalue weighted by atomic mass is 10.0. The fraction of sp³-hybridized carbons (Fsp3) is 0.333. The number of nitrogens with two attached hydrogens (primary N) is 1. The number of aromatic hydroxyl groups is 1. The van der Waals surface area contributed by atoms with E-state index < -0.39 is 23.7 Å². The maximum Gasteiger partial charge on any atom is 0.170 e. The Morgan fingerprint density at radius 3 is 2.50 bits per heavy atom. The van der Waals surface area contributed by atoms with E-state index in [-0.39, 0.29) is 5.02 Å². The third-order valence-electron chi connectivity index (χ3n) is 1.94. The van der Waals surface area contributed by atoms with Gasteiger partial charge in [-0.15, -0.1) is 0 Å². The molecule has 78 valence electrons. The zero-order valence-corrected chi connectivity index (χ0v) is 8.29. The molecule has 14 heavy (non-hydrogen) atoms. The second kappa shape index (κ2) is 4.13. The minimum Gasteiger partial charge on any atom is -0.504 e. The van der Waals surface area contributed by atoms with Gasteiger partial charge in [-0.25, -0.2) is 4.39 Å². The van der Waals surface area contributed by atoms with Gasteiger partial charge >= 0.3 is 0 Å². The molecule has 0 radical (unpaired) electrons. The summed E-state index contributed by atoms with van der Waals surface area (Å²) in [6, 6.07) is 1.67. The Kier molecular flexibility index (Phi) is 3.31. The van der Waals surface area contributed by atoms with Gasteiger partial charge in [0.1, 0.15) is 0 Å². The van der Waals surface area contributed by atoms with Gasteiger partial charge in [-0.3, -0.25) is 0 Å². The van der Waals surface area contributed by atoms with Crippen molar-refractivity contribution in [3.63, 3.8) is 0 Å². The van der Waals surface area contributed by atoms with Crippen LogP contribution in [-0.4, -0.2) is 16.3 Å². The van der Waals surface area contributed by atoms with Crippen LogP contribution in [0.15, 0.2) is 12.1 Å². The monoisotopic (exact) mass is 219 g/mol. The second-order valence-corrected chi connectivity index (χ2v) is 3.51. The second-order valence-electron chi connectivity index (χ2n) is 3.10. The topological polar surface area (TPSA) is 66.5 Å². The van der Waals surface area contributed by atoms with Crippen LogP contribution >= 0.6 is 11.6 Å². The van der Waals surface area contributed by atoms with Gasteiger partial charge < -0.3 is 15.9 Å². The average molecular weight is 220 g/mol. The molecule has 0 amide bonds. The van der Waals surface area contributed by atoms with E-state index in [2.05, 4.69) is 0 Å². The molecule has 0 saturated heterocycles. The first kappa shape index (κ1) is 11.2. The summed E-state index contributed by atoms with van der Waals surface area (Å²) in [6.45, 7) is 1.49. The number of phenolic OH excluding ortho intramolecular Hbond substituents is 1. The summed E-state index contributed by atoms with van der Waals surface area (Å²) < 4.78 is 13.0. The number of hydrogen-bond acceptors (Lipinski definition) is 3. The predicted octanol–water partition coefficient (Wildman–Crippen LogP) is 1.57. The number of halogens is 2. The van der Waals surface area contributed by atoms with Crippen LogP contribution < -0.4 is 5.73 Å². The Bertz CT molecular complexity index is 321. The van der Waals surface area contributed by atoms with Crippen molar-refractivity contribution in [2.75, 3.05) is 0 Å². The molecule has 4 N–H and O–H groups in total. The predicted molar refractivity (Wildman–Crippen MR) is 51.7 cm³/mol. The molecule has 0 spiro atoms.